The molecule has 186 valence electrons. The summed E-state index contributed by atoms with van der Waals surface area (Å²) in [6, 6.07) is 18.2. The maximum atomic E-state index is 12.3. The van der Waals surface area contributed by atoms with Crippen molar-refractivity contribution in [2.45, 2.75) is 109 Å². The Morgan fingerprint density at radius 3 is 1.65 bits per heavy atom. The van der Waals surface area contributed by atoms with E-state index >= 15 is 0 Å². The normalized spacial score (nSPS) is 25.4. The Bertz CT molecular complexity index is 805. The van der Waals surface area contributed by atoms with E-state index in [0.717, 1.165) is 36.5 Å². The van der Waals surface area contributed by atoms with Crippen molar-refractivity contribution in [1.82, 2.24) is 0 Å². The number of alkyl halides is 1. The molecule has 34 heavy (non-hydrogen) atoms. The molecule has 0 atom stereocenters. The standard InChI is InChI=1S/C33H47F/c1-2-5-26-7-9-28(10-8-26)11-12-29-15-19-31(20-16-29)33-23-21-32(22-24-33)30-17-13-27(14-18-30)6-3-4-25-34/h13-14,17-18,21-24,26,28-29,31H,2-12,15-16,19-20,25H2,1H3. The molecule has 2 aliphatic carbocycles. The van der Waals surface area contributed by atoms with E-state index in [1.54, 1.807) is 5.56 Å². The minimum Gasteiger partial charge on any atom is -0.251 e. The van der Waals surface area contributed by atoms with Gasteiger partial charge in [-0.1, -0.05) is 107 Å². The van der Waals surface area contributed by atoms with Crippen molar-refractivity contribution in [2.75, 3.05) is 6.67 Å². The number of halogens is 1. The zero-order valence-electron chi connectivity index (χ0n) is 21.6. The Labute approximate surface area is 208 Å². The van der Waals surface area contributed by atoms with Gasteiger partial charge in [-0.15, -0.1) is 0 Å². The van der Waals surface area contributed by atoms with Gasteiger partial charge in [-0.2, -0.15) is 0 Å². The Morgan fingerprint density at radius 1 is 0.618 bits per heavy atom. The van der Waals surface area contributed by atoms with E-state index < -0.39 is 0 Å². The van der Waals surface area contributed by atoms with Gasteiger partial charge in [0, 0.05) is 0 Å². The van der Waals surface area contributed by atoms with Crippen molar-refractivity contribution in [3.8, 4) is 11.1 Å². The summed E-state index contributed by atoms with van der Waals surface area (Å²) in [5.74, 6) is 3.81. The maximum absolute atomic E-state index is 12.3. The molecule has 0 N–H and O–H groups in total. The average molecular weight is 463 g/mol. The number of aryl methyl sites for hydroxylation is 1. The van der Waals surface area contributed by atoms with Crippen LogP contribution < -0.4 is 0 Å². The van der Waals surface area contributed by atoms with Crippen molar-refractivity contribution in [2.24, 2.45) is 17.8 Å². The van der Waals surface area contributed by atoms with Gasteiger partial charge in [-0.25, -0.2) is 0 Å². The van der Waals surface area contributed by atoms with Crippen LogP contribution >= 0.6 is 0 Å². The number of hydrogen-bond donors (Lipinski definition) is 0. The first-order chi connectivity index (χ1) is 16.7. The Hall–Kier alpha value is -1.63. The van der Waals surface area contributed by atoms with Crippen LogP contribution in [0.5, 0.6) is 0 Å². The predicted molar refractivity (Wildman–Crippen MR) is 145 cm³/mol. The van der Waals surface area contributed by atoms with E-state index in [9.17, 15) is 4.39 Å². The molecular weight excluding hydrogens is 415 g/mol. The second kappa shape index (κ2) is 13.5. The molecule has 0 aliphatic heterocycles. The molecule has 2 aromatic carbocycles. The molecule has 2 saturated carbocycles. The van der Waals surface area contributed by atoms with Gasteiger partial charge in [-0.3, -0.25) is 4.39 Å². The molecule has 2 aromatic rings. The fraction of sp³-hybridized carbons (Fsp3) is 0.636. The van der Waals surface area contributed by atoms with Crippen LogP contribution in [-0.2, 0) is 6.42 Å². The Balaban J connectivity index is 1.19. The van der Waals surface area contributed by atoms with Crippen LogP contribution in [0.25, 0.3) is 11.1 Å². The second-order valence-corrected chi connectivity index (χ2v) is 11.4. The quantitative estimate of drug-likeness (QED) is 0.291. The van der Waals surface area contributed by atoms with E-state index in [1.807, 2.05) is 0 Å². The molecule has 0 nitrogen and oxygen atoms in total. The number of benzene rings is 2. The summed E-state index contributed by atoms with van der Waals surface area (Å²) < 4.78 is 12.3. The molecule has 0 heterocycles. The number of unbranched alkanes of at least 4 members (excludes halogenated alkanes) is 1. The van der Waals surface area contributed by atoms with E-state index in [2.05, 4.69) is 55.5 Å². The van der Waals surface area contributed by atoms with E-state index in [4.69, 9.17) is 0 Å². The fourth-order valence-corrected chi connectivity index (χ4v) is 6.71. The third-order valence-electron chi connectivity index (χ3n) is 9.01. The largest absolute Gasteiger partial charge is 0.251 e. The molecule has 0 bridgehead atoms. The number of rotatable bonds is 11. The van der Waals surface area contributed by atoms with E-state index in [-0.39, 0.29) is 6.67 Å². The van der Waals surface area contributed by atoms with Gasteiger partial charge < -0.3 is 0 Å². The summed E-state index contributed by atoms with van der Waals surface area (Å²) in [5.41, 5.74) is 5.45. The average Bonchev–Trinajstić information content (AvgIpc) is 2.89. The minimum atomic E-state index is -0.202. The summed E-state index contributed by atoms with van der Waals surface area (Å²) >= 11 is 0. The van der Waals surface area contributed by atoms with Crippen molar-refractivity contribution in [3.63, 3.8) is 0 Å². The van der Waals surface area contributed by atoms with Gasteiger partial charge in [0.05, 0.1) is 6.67 Å². The smallest absolute Gasteiger partial charge is 0.0894 e. The molecule has 0 unspecified atom stereocenters. The summed E-state index contributed by atoms with van der Waals surface area (Å²) in [5, 5.41) is 0. The first-order valence-corrected chi connectivity index (χ1v) is 14.5. The van der Waals surface area contributed by atoms with Crippen LogP contribution in [0.4, 0.5) is 4.39 Å². The van der Waals surface area contributed by atoms with Crippen LogP contribution in [0, 0.1) is 17.8 Å². The molecule has 4 rings (SSSR count). The zero-order chi connectivity index (χ0) is 23.6. The van der Waals surface area contributed by atoms with Crippen molar-refractivity contribution < 1.29 is 4.39 Å². The predicted octanol–water partition coefficient (Wildman–Crippen LogP) is 10.3. The molecule has 0 radical (unpaired) electrons. The summed E-state index contributed by atoms with van der Waals surface area (Å²) in [7, 11) is 0. The fourth-order valence-electron chi connectivity index (χ4n) is 6.71. The maximum Gasteiger partial charge on any atom is 0.0894 e. The highest BCUT2D eigenvalue weighted by atomic mass is 19.1. The van der Waals surface area contributed by atoms with E-state index in [0.29, 0.717) is 6.42 Å². The Kier molecular flexibility index (Phi) is 10.1. The lowest BCUT2D eigenvalue weighted by Gasteiger charge is -2.32. The van der Waals surface area contributed by atoms with Gasteiger partial charge in [0.2, 0.25) is 0 Å². The lowest BCUT2D eigenvalue weighted by molar-refractivity contribution is 0.224. The Morgan fingerprint density at radius 2 is 1.12 bits per heavy atom. The molecule has 0 saturated heterocycles. The van der Waals surface area contributed by atoms with Gasteiger partial charge in [0.25, 0.3) is 0 Å². The van der Waals surface area contributed by atoms with Gasteiger partial charge in [-0.05, 0) is 90.9 Å². The monoisotopic (exact) mass is 462 g/mol. The first kappa shape index (κ1) is 25.5. The SMILES string of the molecule is CCCC1CCC(CCC2CCC(c3ccc(-c4ccc(CCCCF)cc4)cc3)CC2)CC1. The molecule has 0 aromatic heterocycles. The molecule has 0 spiro atoms. The molecule has 1 heteroatoms. The third-order valence-corrected chi connectivity index (χ3v) is 9.01. The van der Waals surface area contributed by atoms with Gasteiger partial charge in [0.15, 0.2) is 0 Å². The number of hydrogen-bond acceptors (Lipinski definition) is 0. The topological polar surface area (TPSA) is 0 Å². The van der Waals surface area contributed by atoms with Crippen LogP contribution in [0.1, 0.15) is 114 Å². The molecule has 0 amide bonds. The first-order valence-electron chi connectivity index (χ1n) is 14.5. The highest BCUT2D eigenvalue weighted by Crippen LogP contribution is 2.40. The zero-order valence-corrected chi connectivity index (χ0v) is 21.6. The molecule has 2 aliphatic rings. The minimum absolute atomic E-state index is 0.202. The van der Waals surface area contributed by atoms with Crippen LogP contribution in [0.3, 0.4) is 0 Å². The van der Waals surface area contributed by atoms with Crippen LogP contribution in [-0.4, -0.2) is 6.67 Å². The van der Waals surface area contributed by atoms with Crippen molar-refractivity contribution >= 4 is 0 Å². The summed E-state index contributed by atoms with van der Waals surface area (Å²) in [6.07, 6.45) is 20.1. The van der Waals surface area contributed by atoms with Crippen molar-refractivity contribution in [1.29, 1.82) is 0 Å². The van der Waals surface area contributed by atoms with E-state index in [1.165, 1.54) is 93.7 Å². The summed E-state index contributed by atoms with van der Waals surface area (Å²) in [6.45, 7) is 2.14. The lowest BCUT2D eigenvalue weighted by atomic mass is 9.74. The highest BCUT2D eigenvalue weighted by Gasteiger charge is 2.25. The van der Waals surface area contributed by atoms with Crippen LogP contribution in [0.15, 0.2) is 48.5 Å². The molecular formula is C33H47F. The van der Waals surface area contributed by atoms with Gasteiger partial charge in [0.1, 0.15) is 0 Å². The highest BCUT2D eigenvalue weighted by molar-refractivity contribution is 5.64. The summed E-state index contributed by atoms with van der Waals surface area (Å²) in [4.78, 5) is 0. The van der Waals surface area contributed by atoms with Gasteiger partial charge >= 0.3 is 0 Å². The van der Waals surface area contributed by atoms with Crippen molar-refractivity contribution in [3.05, 3.63) is 59.7 Å². The second-order valence-electron chi connectivity index (χ2n) is 11.4. The lowest BCUT2D eigenvalue weighted by Crippen LogP contribution is -2.17. The third kappa shape index (κ3) is 7.43. The van der Waals surface area contributed by atoms with Crippen LogP contribution in [0.2, 0.25) is 0 Å². The molecule has 2 fully saturated rings.